The minimum atomic E-state index is -1.09. The Bertz CT molecular complexity index is 895. The zero-order chi connectivity index (χ0) is 18.0. The van der Waals surface area contributed by atoms with Crippen LogP contribution in [0.3, 0.4) is 0 Å². The molecule has 0 amide bonds. The molecule has 0 spiro atoms. The van der Waals surface area contributed by atoms with E-state index in [9.17, 15) is 4.79 Å². The number of hydrogen-bond acceptors (Lipinski definition) is 4. The fourth-order valence-corrected chi connectivity index (χ4v) is 3.19. The van der Waals surface area contributed by atoms with Crippen molar-refractivity contribution in [3.05, 3.63) is 42.5 Å². The molecule has 2 heterocycles. The Morgan fingerprint density at radius 3 is 2.84 bits per heavy atom. The summed E-state index contributed by atoms with van der Waals surface area (Å²) in [6.45, 7) is 8.13. The number of fused-ring (bicyclic) bond motifs is 1. The van der Waals surface area contributed by atoms with E-state index in [1.165, 1.54) is 0 Å². The maximum Gasteiger partial charge on any atom is 0.335 e. The second kappa shape index (κ2) is 6.81. The highest BCUT2D eigenvalue weighted by Gasteiger charge is 2.13. The Morgan fingerprint density at radius 2 is 2.12 bits per heavy atom. The van der Waals surface area contributed by atoms with Gasteiger partial charge in [-0.05, 0) is 24.2 Å². The lowest BCUT2D eigenvalue weighted by Gasteiger charge is -2.15. The van der Waals surface area contributed by atoms with Gasteiger partial charge in [0.15, 0.2) is 0 Å². The van der Waals surface area contributed by atoms with Crippen LogP contribution in [-0.2, 0) is 11.5 Å². The highest BCUT2D eigenvalue weighted by atomic mass is 28.3. The van der Waals surface area contributed by atoms with Crippen molar-refractivity contribution in [1.29, 1.82) is 0 Å². The van der Waals surface area contributed by atoms with E-state index in [0.717, 1.165) is 23.9 Å². The van der Waals surface area contributed by atoms with Crippen LogP contribution in [0.15, 0.2) is 36.9 Å². The number of carboxylic acids is 1. The summed E-state index contributed by atoms with van der Waals surface area (Å²) in [5, 5.41) is 13.4. The Morgan fingerprint density at radius 1 is 1.32 bits per heavy atom. The summed E-state index contributed by atoms with van der Waals surface area (Å²) >= 11 is 0. The lowest BCUT2D eigenvalue weighted by atomic mass is 10.2. The number of rotatable bonds is 7. The summed E-state index contributed by atoms with van der Waals surface area (Å²) < 4.78 is 9.33. The molecule has 0 aliphatic carbocycles. The lowest BCUT2D eigenvalue weighted by molar-refractivity contribution is 0.0697. The molecule has 1 N–H and O–H groups in total. The Labute approximate surface area is 146 Å². The molecule has 2 aromatic heterocycles. The van der Waals surface area contributed by atoms with E-state index in [-0.39, 0.29) is 5.56 Å². The maximum absolute atomic E-state index is 11.1. The Balaban J connectivity index is 1.72. The molecule has 8 heteroatoms. The van der Waals surface area contributed by atoms with Gasteiger partial charge in [-0.15, -0.1) is 0 Å². The molecule has 0 aliphatic rings. The summed E-state index contributed by atoms with van der Waals surface area (Å²) in [6.07, 6.45) is 5.30. The monoisotopic (exact) mass is 358 g/mol. The summed E-state index contributed by atoms with van der Waals surface area (Å²) in [5.41, 5.74) is 2.56. The van der Waals surface area contributed by atoms with Crippen molar-refractivity contribution < 1.29 is 14.6 Å². The van der Waals surface area contributed by atoms with E-state index in [1.807, 2.05) is 10.8 Å². The molecule has 0 aliphatic heterocycles. The van der Waals surface area contributed by atoms with Crippen LogP contribution in [0.1, 0.15) is 10.4 Å². The van der Waals surface area contributed by atoms with Crippen LogP contribution in [0.5, 0.6) is 0 Å². The van der Waals surface area contributed by atoms with Crippen molar-refractivity contribution >= 4 is 25.1 Å². The van der Waals surface area contributed by atoms with Crippen LogP contribution in [0.25, 0.3) is 16.7 Å². The molecule has 0 saturated heterocycles. The number of aromatic carboxylic acids is 1. The standard InChI is InChI=1S/C17H22N4O3Si/c1-25(2,3)7-6-24-12-20-10-14(9-19-20)21-11-18-15-8-13(17(22)23)4-5-16(15)21/h4-5,8-11H,6-7,12H2,1-3H3,(H,22,23). The van der Waals surface area contributed by atoms with Gasteiger partial charge >= 0.3 is 5.97 Å². The second-order valence-electron chi connectivity index (χ2n) is 7.21. The molecular weight excluding hydrogens is 336 g/mol. The van der Waals surface area contributed by atoms with Crippen LogP contribution in [-0.4, -0.2) is 45.1 Å². The van der Waals surface area contributed by atoms with Crippen LogP contribution >= 0.6 is 0 Å². The Hall–Kier alpha value is -2.45. The molecular formula is C17H22N4O3Si. The van der Waals surface area contributed by atoms with Gasteiger partial charge in [0.2, 0.25) is 0 Å². The highest BCUT2D eigenvalue weighted by Crippen LogP contribution is 2.19. The van der Waals surface area contributed by atoms with Gasteiger partial charge in [0.25, 0.3) is 0 Å². The number of carbonyl (C=O) groups is 1. The van der Waals surface area contributed by atoms with Gasteiger partial charge < -0.3 is 9.84 Å². The quantitative estimate of drug-likeness (QED) is 0.518. The van der Waals surface area contributed by atoms with Gasteiger partial charge in [0.1, 0.15) is 13.1 Å². The third-order valence-electron chi connectivity index (χ3n) is 3.91. The van der Waals surface area contributed by atoms with Gasteiger partial charge in [-0.1, -0.05) is 19.6 Å². The van der Waals surface area contributed by atoms with E-state index in [0.29, 0.717) is 12.2 Å². The zero-order valence-corrected chi connectivity index (χ0v) is 15.6. The van der Waals surface area contributed by atoms with E-state index in [1.54, 1.807) is 35.4 Å². The average Bonchev–Trinajstić information content (AvgIpc) is 3.16. The third kappa shape index (κ3) is 4.15. The van der Waals surface area contributed by atoms with E-state index < -0.39 is 14.0 Å². The highest BCUT2D eigenvalue weighted by molar-refractivity contribution is 6.76. The predicted octanol–water partition coefficient (Wildman–Crippen LogP) is 3.23. The normalized spacial score (nSPS) is 12.0. The molecule has 0 radical (unpaired) electrons. The van der Waals surface area contributed by atoms with Gasteiger partial charge in [-0.25, -0.2) is 14.5 Å². The van der Waals surface area contributed by atoms with E-state index in [4.69, 9.17) is 9.84 Å². The van der Waals surface area contributed by atoms with Crippen LogP contribution in [0.2, 0.25) is 25.7 Å². The van der Waals surface area contributed by atoms with Gasteiger partial charge in [0, 0.05) is 14.7 Å². The van der Waals surface area contributed by atoms with E-state index >= 15 is 0 Å². The van der Waals surface area contributed by atoms with Gasteiger partial charge in [-0.2, -0.15) is 5.10 Å². The van der Waals surface area contributed by atoms with Crippen LogP contribution in [0, 0.1) is 0 Å². The van der Waals surface area contributed by atoms with Crippen molar-refractivity contribution in [3.63, 3.8) is 0 Å². The number of benzene rings is 1. The molecule has 3 rings (SSSR count). The second-order valence-corrected chi connectivity index (χ2v) is 12.8. The molecule has 0 unspecified atom stereocenters. The number of ether oxygens (including phenoxy) is 1. The van der Waals surface area contributed by atoms with Crippen molar-refractivity contribution in [2.24, 2.45) is 0 Å². The molecule has 132 valence electrons. The SMILES string of the molecule is C[Si](C)(C)CCOCn1cc(-n2cnc3cc(C(=O)O)ccc32)cn1. The smallest absolute Gasteiger partial charge is 0.335 e. The third-order valence-corrected chi connectivity index (χ3v) is 5.62. The van der Waals surface area contributed by atoms with Crippen molar-refractivity contribution in [2.45, 2.75) is 32.4 Å². The number of hydrogen-bond donors (Lipinski definition) is 1. The minimum Gasteiger partial charge on any atom is -0.478 e. The summed E-state index contributed by atoms with van der Waals surface area (Å²) in [5.74, 6) is -0.959. The summed E-state index contributed by atoms with van der Waals surface area (Å²) in [6, 6.07) is 6.03. The van der Waals surface area contributed by atoms with Crippen LogP contribution in [0.4, 0.5) is 0 Å². The number of carboxylic acid groups (broad SMARTS) is 1. The lowest BCUT2D eigenvalue weighted by Crippen LogP contribution is -2.22. The molecule has 7 nitrogen and oxygen atoms in total. The molecule has 0 saturated carbocycles. The predicted molar refractivity (Wildman–Crippen MR) is 97.9 cm³/mol. The molecule has 0 bridgehead atoms. The minimum absolute atomic E-state index is 0.226. The topological polar surface area (TPSA) is 82.2 Å². The van der Waals surface area contributed by atoms with Crippen molar-refractivity contribution in [1.82, 2.24) is 19.3 Å². The van der Waals surface area contributed by atoms with Crippen molar-refractivity contribution in [2.75, 3.05) is 6.61 Å². The number of nitrogens with zero attached hydrogens (tertiary/aromatic N) is 4. The summed E-state index contributed by atoms with van der Waals surface area (Å²) in [4.78, 5) is 15.3. The Kier molecular flexibility index (Phi) is 4.73. The van der Waals surface area contributed by atoms with Gasteiger partial charge in [-0.3, -0.25) is 4.57 Å². The zero-order valence-electron chi connectivity index (χ0n) is 14.6. The fourth-order valence-electron chi connectivity index (χ4n) is 2.44. The van der Waals surface area contributed by atoms with Crippen LogP contribution < -0.4 is 0 Å². The van der Waals surface area contributed by atoms with E-state index in [2.05, 4.69) is 29.7 Å². The van der Waals surface area contributed by atoms with Crippen molar-refractivity contribution in [3.8, 4) is 5.69 Å². The number of aromatic nitrogens is 4. The fraction of sp³-hybridized carbons (Fsp3) is 0.353. The first-order valence-electron chi connectivity index (χ1n) is 8.14. The number of imidazole rings is 1. The largest absolute Gasteiger partial charge is 0.478 e. The van der Waals surface area contributed by atoms with Gasteiger partial charge in [0.05, 0.1) is 34.7 Å². The molecule has 1 aromatic carbocycles. The first-order valence-corrected chi connectivity index (χ1v) is 11.9. The molecule has 25 heavy (non-hydrogen) atoms. The molecule has 0 fully saturated rings. The summed E-state index contributed by atoms with van der Waals surface area (Å²) in [7, 11) is -1.09. The average molecular weight is 358 g/mol. The maximum atomic E-state index is 11.1. The molecule has 3 aromatic rings. The molecule has 0 atom stereocenters. The first kappa shape index (κ1) is 17.4. The first-order chi connectivity index (χ1) is 11.8.